The van der Waals surface area contributed by atoms with Crippen LogP contribution in [-0.2, 0) is 9.59 Å². The summed E-state index contributed by atoms with van der Waals surface area (Å²) in [4.78, 5) is 24.8. The average molecular weight is 391 g/mol. The smallest absolute Gasteiger partial charge is 0.228 e. The summed E-state index contributed by atoms with van der Waals surface area (Å²) in [5.41, 5.74) is 0.863. The minimum absolute atomic E-state index is 0.0592. The number of amides is 1. The molecule has 1 aromatic rings. The summed E-state index contributed by atoms with van der Waals surface area (Å²) >= 11 is 3.43. The van der Waals surface area contributed by atoms with Gasteiger partial charge in [0.1, 0.15) is 5.75 Å². The van der Waals surface area contributed by atoms with E-state index in [1.807, 2.05) is 18.2 Å². The first kappa shape index (κ1) is 14.6. The minimum Gasteiger partial charge on any atom is -0.496 e. The number of nitrogens with zero attached hydrogens (tertiary/aromatic N) is 1. The highest BCUT2D eigenvalue weighted by molar-refractivity contribution is 14.1. The number of carbonyl (C=O) groups is 2. The SMILES string of the molecule is COc1ccc(N2CC(SC(C)=O)CC2=O)cc1I. The first-order valence-corrected chi connectivity index (χ1v) is 7.78. The molecular formula is C13H14INO3S. The lowest BCUT2D eigenvalue weighted by molar-refractivity contribution is -0.117. The summed E-state index contributed by atoms with van der Waals surface area (Å²) in [5, 5.41) is 0.119. The van der Waals surface area contributed by atoms with Crippen molar-refractivity contribution in [2.75, 3.05) is 18.6 Å². The number of rotatable bonds is 3. The Morgan fingerprint density at radius 2 is 2.26 bits per heavy atom. The second kappa shape index (κ2) is 6.13. The third-order valence-electron chi connectivity index (χ3n) is 2.87. The molecule has 0 bridgehead atoms. The second-order valence-corrected chi connectivity index (χ2v) is 6.90. The van der Waals surface area contributed by atoms with E-state index >= 15 is 0 Å². The van der Waals surface area contributed by atoms with Gasteiger partial charge in [0, 0.05) is 30.8 Å². The molecule has 1 aliphatic heterocycles. The van der Waals surface area contributed by atoms with Crippen LogP contribution in [0.5, 0.6) is 5.75 Å². The normalized spacial score (nSPS) is 18.8. The van der Waals surface area contributed by atoms with Gasteiger partial charge in [-0.2, -0.15) is 0 Å². The van der Waals surface area contributed by atoms with E-state index < -0.39 is 0 Å². The molecule has 1 aliphatic rings. The second-order valence-electron chi connectivity index (χ2n) is 4.26. The molecule has 1 heterocycles. The maximum atomic E-state index is 12.0. The molecule has 0 radical (unpaired) electrons. The standard InChI is InChI=1S/C13H14INO3S/c1-8(16)19-10-6-13(17)15(7-10)9-3-4-12(18-2)11(14)5-9/h3-5,10H,6-7H2,1-2H3. The van der Waals surface area contributed by atoms with E-state index in [0.29, 0.717) is 13.0 Å². The molecule has 1 atom stereocenters. The van der Waals surface area contributed by atoms with Gasteiger partial charge in [-0.15, -0.1) is 0 Å². The van der Waals surface area contributed by atoms with Crippen LogP contribution in [0.3, 0.4) is 0 Å². The molecule has 0 saturated carbocycles. The molecule has 1 amide bonds. The molecule has 1 saturated heterocycles. The van der Waals surface area contributed by atoms with Gasteiger partial charge in [0.05, 0.1) is 10.7 Å². The summed E-state index contributed by atoms with van der Waals surface area (Å²) in [7, 11) is 1.62. The molecule has 102 valence electrons. The van der Waals surface area contributed by atoms with Crippen molar-refractivity contribution in [2.45, 2.75) is 18.6 Å². The van der Waals surface area contributed by atoms with E-state index in [1.165, 1.54) is 18.7 Å². The molecule has 6 heteroatoms. The maximum Gasteiger partial charge on any atom is 0.228 e. The van der Waals surface area contributed by atoms with E-state index in [9.17, 15) is 9.59 Å². The van der Waals surface area contributed by atoms with Crippen LogP contribution in [-0.4, -0.2) is 29.9 Å². The predicted octanol–water partition coefficient (Wildman–Crippen LogP) is 2.68. The summed E-state index contributed by atoms with van der Waals surface area (Å²) in [5.74, 6) is 0.866. The first-order valence-electron chi connectivity index (χ1n) is 5.82. The topological polar surface area (TPSA) is 46.6 Å². The Morgan fingerprint density at radius 3 is 2.84 bits per heavy atom. The van der Waals surface area contributed by atoms with Crippen LogP contribution in [0.4, 0.5) is 5.69 Å². The van der Waals surface area contributed by atoms with Gasteiger partial charge >= 0.3 is 0 Å². The third-order valence-corrected chi connectivity index (χ3v) is 4.69. The van der Waals surface area contributed by atoms with Gasteiger partial charge in [0.15, 0.2) is 5.12 Å². The number of hydrogen-bond acceptors (Lipinski definition) is 4. The van der Waals surface area contributed by atoms with Crippen molar-refractivity contribution in [1.29, 1.82) is 0 Å². The Labute approximate surface area is 130 Å². The number of benzene rings is 1. The number of halogens is 1. The fourth-order valence-corrected chi connectivity index (χ4v) is 3.70. The zero-order chi connectivity index (χ0) is 14.0. The molecule has 0 aliphatic carbocycles. The zero-order valence-electron chi connectivity index (χ0n) is 10.7. The van der Waals surface area contributed by atoms with E-state index in [0.717, 1.165) is 15.0 Å². The van der Waals surface area contributed by atoms with Crippen molar-refractivity contribution in [3.63, 3.8) is 0 Å². The van der Waals surface area contributed by atoms with Crippen LogP contribution in [0.25, 0.3) is 0 Å². The van der Waals surface area contributed by atoms with Crippen LogP contribution in [0, 0.1) is 3.57 Å². The van der Waals surface area contributed by atoms with E-state index in [-0.39, 0.29) is 16.3 Å². The fraction of sp³-hybridized carbons (Fsp3) is 0.385. The molecule has 0 aromatic heterocycles. The lowest BCUT2D eigenvalue weighted by atomic mass is 10.3. The van der Waals surface area contributed by atoms with Gasteiger partial charge in [0.25, 0.3) is 0 Å². The fourth-order valence-electron chi connectivity index (χ4n) is 2.06. The molecule has 1 aromatic carbocycles. The van der Waals surface area contributed by atoms with Crippen molar-refractivity contribution in [1.82, 2.24) is 0 Å². The summed E-state index contributed by atoms with van der Waals surface area (Å²) in [6.07, 6.45) is 0.423. The molecular weight excluding hydrogens is 377 g/mol. The maximum absolute atomic E-state index is 12.0. The zero-order valence-corrected chi connectivity index (χ0v) is 13.7. The van der Waals surface area contributed by atoms with Gasteiger partial charge in [-0.3, -0.25) is 9.59 Å². The Hall–Kier alpha value is -0.760. The Balaban J connectivity index is 2.16. The number of methoxy groups -OCH3 is 1. The van der Waals surface area contributed by atoms with Crippen LogP contribution < -0.4 is 9.64 Å². The Bertz CT molecular complexity index is 521. The van der Waals surface area contributed by atoms with Gasteiger partial charge in [-0.05, 0) is 40.8 Å². The number of ether oxygens (including phenoxy) is 1. The lowest BCUT2D eigenvalue weighted by Gasteiger charge is -2.17. The van der Waals surface area contributed by atoms with Crippen LogP contribution in [0.2, 0.25) is 0 Å². The molecule has 0 N–H and O–H groups in total. The van der Waals surface area contributed by atoms with Gasteiger partial charge in [-0.1, -0.05) is 11.8 Å². The number of carbonyl (C=O) groups excluding carboxylic acids is 2. The van der Waals surface area contributed by atoms with Gasteiger partial charge in [-0.25, -0.2) is 0 Å². The van der Waals surface area contributed by atoms with Crippen molar-refractivity contribution >= 4 is 51.1 Å². The average Bonchev–Trinajstić information content (AvgIpc) is 2.69. The van der Waals surface area contributed by atoms with E-state index in [1.54, 1.807) is 12.0 Å². The predicted molar refractivity (Wildman–Crippen MR) is 84.7 cm³/mol. The monoisotopic (exact) mass is 391 g/mol. The highest BCUT2D eigenvalue weighted by Gasteiger charge is 2.32. The van der Waals surface area contributed by atoms with Crippen molar-refractivity contribution < 1.29 is 14.3 Å². The highest BCUT2D eigenvalue weighted by atomic mass is 127. The molecule has 1 unspecified atom stereocenters. The minimum atomic E-state index is 0.0592. The van der Waals surface area contributed by atoms with Gasteiger partial charge in [0.2, 0.25) is 5.91 Å². The highest BCUT2D eigenvalue weighted by Crippen LogP contribution is 2.31. The molecule has 19 heavy (non-hydrogen) atoms. The van der Waals surface area contributed by atoms with Crippen LogP contribution >= 0.6 is 34.4 Å². The van der Waals surface area contributed by atoms with Crippen molar-refractivity contribution in [3.05, 3.63) is 21.8 Å². The summed E-state index contributed by atoms with van der Waals surface area (Å²) in [6.45, 7) is 2.12. The molecule has 2 rings (SSSR count). The largest absolute Gasteiger partial charge is 0.496 e. The van der Waals surface area contributed by atoms with E-state index in [2.05, 4.69) is 22.6 Å². The van der Waals surface area contributed by atoms with Crippen molar-refractivity contribution in [3.8, 4) is 5.75 Å². The number of thioether (sulfide) groups is 1. The molecule has 1 fully saturated rings. The summed E-state index contributed by atoms with van der Waals surface area (Å²) < 4.78 is 6.17. The number of anilines is 1. The quantitative estimate of drug-likeness (QED) is 0.744. The molecule has 4 nitrogen and oxygen atoms in total. The lowest BCUT2D eigenvalue weighted by Crippen LogP contribution is -2.25. The van der Waals surface area contributed by atoms with Crippen LogP contribution in [0.1, 0.15) is 13.3 Å². The van der Waals surface area contributed by atoms with Crippen LogP contribution in [0.15, 0.2) is 18.2 Å². The Kier molecular flexibility index (Phi) is 4.72. The van der Waals surface area contributed by atoms with Gasteiger partial charge < -0.3 is 9.64 Å². The molecule has 0 spiro atoms. The third kappa shape index (κ3) is 3.42. The van der Waals surface area contributed by atoms with E-state index in [4.69, 9.17) is 4.74 Å². The number of hydrogen-bond donors (Lipinski definition) is 0. The summed E-state index contributed by atoms with van der Waals surface area (Å²) in [6, 6.07) is 5.66. The van der Waals surface area contributed by atoms with Crippen molar-refractivity contribution in [2.24, 2.45) is 0 Å². The first-order chi connectivity index (χ1) is 9.01. The Morgan fingerprint density at radius 1 is 1.53 bits per heavy atom.